The number of nitrogens with one attached hydrogen (secondary N) is 3. The van der Waals surface area contributed by atoms with Crippen LogP contribution in [0.2, 0.25) is 0 Å². The lowest BCUT2D eigenvalue weighted by Gasteiger charge is -2.25. The molecule has 4 atom stereocenters. The second-order valence-corrected chi connectivity index (χ2v) is 11.5. The van der Waals surface area contributed by atoms with Gasteiger partial charge in [-0.1, -0.05) is 0 Å². The van der Waals surface area contributed by atoms with Gasteiger partial charge in [0.05, 0.1) is 11.5 Å². The summed E-state index contributed by atoms with van der Waals surface area (Å²) in [7, 11) is 1.53. The van der Waals surface area contributed by atoms with E-state index in [4.69, 9.17) is 0 Å². The maximum atomic E-state index is 13.5. The fourth-order valence-electron chi connectivity index (χ4n) is 4.99. The minimum Gasteiger partial charge on any atom is -0.415 e. The lowest BCUT2D eigenvalue weighted by molar-refractivity contribution is -0.117. The number of fused-ring (bicyclic) bond motifs is 1. The van der Waals surface area contributed by atoms with Gasteiger partial charge in [0.15, 0.2) is 0 Å². The third-order valence-corrected chi connectivity index (χ3v) is 8.69. The number of amides is 2. The fraction of sp³-hybridized carbons (Fsp3) is 0.542. The number of hydrogen-bond donors (Lipinski definition) is 3. The van der Waals surface area contributed by atoms with E-state index in [1.165, 1.54) is 35.5 Å². The molecule has 3 heterocycles. The first kappa shape index (κ1) is 27.4. The molecule has 3 aromatic heterocycles. The van der Waals surface area contributed by atoms with Crippen molar-refractivity contribution in [1.82, 2.24) is 29.9 Å². The third kappa shape index (κ3) is 5.58. The molecule has 0 radical (unpaired) electrons. The van der Waals surface area contributed by atoms with E-state index >= 15 is 0 Å². The molecular formula is C24H25F5N8O3S. The highest BCUT2D eigenvalue weighted by atomic mass is 32.1. The van der Waals surface area contributed by atoms with Crippen molar-refractivity contribution in [2.75, 3.05) is 17.2 Å². The second-order valence-electron chi connectivity index (χ2n) is 10.4. The minimum atomic E-state index is -3.03. The van der Waals surface area contributed by atoms with Crippen molar-refractivity contribution in [3.05, 3.63) is 28.4 Å². The van der Waals surface area contributed by atoms with Gasteiger partial charge >= 0.3 is 6.61 Å². The van der Waals surface area contributed by atoms with E-state index in [0.29, 0.717) is 36.6 Å². The molecule has 2 fully saturated rings. The van der Waals surface area contributed by atoms with Crippen LogP contribution in [0.3, 0.4) is 0 Å². The molecule has 3 aliphatic rings. The number of halogens is 5. The van der Waals surface area contributed by atoms with Crippen LogP contribution in [0.25, 0.3) is 0 Å². The highest BCUT2D eigenvalue weighted by Crippen LogP contribution is 2.48. The van der Waals surface area contributed by atoms with Gasteiger partial charge in [0, 0.05) is 42.9 Å². The van der Waals surface area contributed by atoms with Gasteiger partial charge < -0.3 is 20.7 Å². The Hall–Kier alpha value is -3.76. The van der Waals surface area contributed by atoms with Crippen LogP contribution in [0.1, 0.15) is 46.1 Å². The first-order valence-electron chi connectivity index (χ1n) is 12.9. The number of alkyl halides is 5. The summed E-state index contributed by atoms with van der Waals surface area (Å²) >= 11 is 1.22. The standard InChI is InChI=1S/C24H25F5N8O3S/c1-36-16(6-17(35-36)40-22(26)27)32-23-34-31-9-37(23)11-2-3-15-13(4-11)18(20(39)30-8-10-7-24(10,28)29)21(41-15)33-19(38)12-5-14(12)25/h6,9-12,14,22H,2-5,7-8H2,1H3,(H,30,39)(H,32,34)(H,33,38)/t10-,11?,12+,14+/m1/s1. The quantitative estimate of drug-likeness (QED) is 0.302. The van der Waals surface area contributed by atoms with E-state index in [2.05, 4.69) is 36.0 Å². The van der Waals surface area contributed by atoms with Crippen molar-refractivity contribution in [2.24, 2.45) is 18.9 Å². The predicted molar refractivity (Wildman–Crippen MR) is 136 cm³/mol. The summed E-state index contributed by atoms with van der Waals surface area (Å²) in [6, 6.07) is 1.03. The molecule has 2 amide bonds. The van der Waals surface area contributed by atoms with Crippen LogP contribution in [0.5, 0.6) is 5.88 Å². The first-order valence-corrected chi connectivity index (χ1v) is 13.7. The zero-order valence-corrected chi connectivity index (χ0v) is 22.4. The number of carbonyl (C=O) groups is 2. The summed E-state index contributed by atoms with van der Waals surface area (Å²) in [6.07, 6.45) is 1.57. The Balaban J connectivity index is 1.24. The van der Waals surface area contributed by atoms with Crippen LogP contribution in [0.4, 0.5) is 38.7 Å². The van der Waals surface area contributed by atoms with Crippen molar-refractivity contribution in [3.63, 3.8) is 0 Å². The molecule has 3 aliphatic carbocycles. The Kier molecular flexibility index (Phi) is 6.86. The van der Waals surface area contributed by atoms with Crippen LogP contribution in [-0.2, 0) is 24.7 Å². The minimum absolute atomic E-state index is 0.118. The number of nitrogens with zero attached hydrogens (tertiary/aromatic N) is 5. The summed E-state index contributed by atoms with van der Waals surface area (Å²) in [4.78, 5) is 26.7. The summed E-state index contributed by atoms with van der Waals surface area (Å²) in [5, 5.41) is 20.5. The van der Waals surface area contributed by atoms with E-state index in [9.17, 15) is 31.5 Å². The van der Waals surface area contributed by atoms with Crippen LogP contribution < -0.4 is 20.7 Å². The Bertz CT molecular complexity index is 1490. The third-order valence-electron chi connectivity index (χ3n) is 7.49. The van der Waals surface area contributed by atoms with Gasteiger partial charge in [0.25, 0.3) is 11.8 Å². The smallest absolute Gasteiger partial charge is 0.388 e. The first-order chi connectivity index (χ1) is 19.5. The van der Waals surface area contributed by atoms with Crippen LogP contribution in [0.15, 0.2) is 12.4 Å². The van der Waals surface area contributed by atoms with E-state index in [1.54, 1.807) is 4.57 Å². The van der Waals surface area contributed by atoms with Gasteiger partial charge in [-0.05, 0) is 31.2 Å². The molecule has 220 valence electrons. The van der Waals surface area contributed by atoms with E-state index in [0.717, 1.165) is 4.88 Å². The molecule has 6 rings (SSSR count). The van der Waals surface area contributed by atoms with E-state index in [1.807, 2.05) is 0 Å². The Morgan fingerprint density at radius 2 is 2.07 bits per heavy atom. The largest absolute Gasteiger partial charge is 0.415 e. The molecule has 0 bridgehead atoms. The van der Waals surface area contributed by atoms with Gasteiger partial charge in [-0.2, -0.15) is 8.78 Å². The number of aromatic nitrogens is 5. The van der Waals surface area contributed by atoms with Crippen molar-refractivity contribution in [3.8, 4) is 5.88 Å². The molecule has 0 aromatic carbocycles. The van der Waals surface area contributed by atoms with Crippen molar-refractivity contribution in [1.29, 1.82) is 0 Å². The molecule has 0 saturated heterocycles. The van der Waals surface area contributed by atoms with Crippen LogP contribution in [0, 0.1) is 11.8 Å². The molecule has 17 heteroatoms. The molecular weight excluding hydrogens is 575 g/mol. The predicted octanol–water partition coefficient (Wildman–Crippen LogP) is 3.83. The fourth-order valence-corrected chi connectivity index (χ4v) is 6.23. The number of anilines is 3. The summed E-state index contributed by atoms with van der Waals surface area (Å²) < 4.78 is 72.9. The van der Waals surface area contributed by atoms with Gasteiger partial charge in [-0.3, -0.25) is 14.2 Å². The van der Waals surface area contributed by atoms with Crippen LogP contribution >= 0.6 is 11.3 Å². The van der Waals surface area contributed by atoms with Gasteiger partial charge in [0.1, 0.15) is 23.3 Å². The number of aryl methyl sites for hydroxylation is 2. The van der Waals surface area contributed by atoms with Crippen molar-refractivity contribution >= 4 is 39.9 Å². The molecule has 0 aliphatic heterocycles. The zero-order valence-electron chi connectivity index (χ0n) is 21.5. The number of rotatable bonds is 10. The SMILES string of the molecule is Cn1nc(OC(F)F)cc1Nc1nncn1C1CCc2sc(NC(=O)[C@H]3C[C@@H]3F)c(C(=O)NC[C@H]3CC3(F)F)c2C1. The average molecular weight is 601 g/mol. The maximum Gasteiger partial charge on any atom is 0.388 e. The summed E-state index contributed by atoms with van der Waals surface area (Å²) in [5.41, 5.74) is 0.841. The van der Waals surface area contributed by atoms with E-state index < -0.39 is 42.4 Å². The number of carbonyl (C=O) groups excluding carboxylic acids is 2. The average Bonchev–Trinajstić information content (AvgIpc) is 3.53. The monoisotopic (exact) mass is 600 g/mol. The molecule has 0 spiro atoms. The van der Waals surface area contributed by atoms with Crippen molar-refractivity contribution < 1.29 is 36.3 Å². The number of ether oxygens (including phenoxy) is 1. The van der Waals surface area contributed by atoms with Gasteiger partial charge in [0.2, 0.25) is 17.7 Å². The second kappa shape index (κ2) is 10.3. The number of hydrogen-bond acceptors (Lipinski definition) is 8. The molecule has 1 unspecified atom stereocenters. The molecule has 11 nitrogen and oxygen atoms in total. The molecule has 3 N–H and O–H groups in total. The molecule has 2 saturated carbocycles. The molecule has 41 heavy (non-hydrogen) atoms. The highest BCUT2D eigenvalue weighted by Gasteiger charge is 2.56. The van der Waals surface area contributed by atoms with E-state index in [-0.39, 0.29) is 41.9 Å². The topological polar surface area (TPSA) is 128 Å². The van der Waals surface area contributed by atoms with Crippen LogP contribution in [-0.4, -0.2) is 61.6 Å². The van der Waals surface area contributed by atoms with Crippen molar-refractivity contribution in [2.45, 2.75) is 56.9 Å². The maximum absolute atomic E-state index is 13.5. The Morgan fingerprint density at radius 1 is 1.32 bits per heavy atom. The Morgan fingerprint density at radius 3 is 2.76 bits per heavy atom. The highest BCUT2D eigenvalue weighted by molar-refractivity contribution is 7.17. The lowest BCUT2D eigenvalue weighted by Crippen LogP contribution is -2.29. The van der Waals surface area contributed by atoms with Gasteiger partial charge in [-0.15, -0.1) is 26.6 Å². The summed E-state index contributed by atoms with van der Waals surface area (Å²) in [5.74, 6) is -5.29. The zero-order chi connectivity index (χ0) is 29.1. The molecule has 3 aromatic rings. The summed E-state index contributed by atoms with van der Waals surface area (Å²) in [6.45, 7) is -3.24. The van der Waals surface area contributed by atoms with Gasteiger partial charge in [-0.25, -0.2) is 17.9 Å². The Labute approximate surface area is 233 Å². The lowest BCUT2D eigenvalue weighted by atomic mass is 9.91. The number of thiophene rings is 1. The normalized spacial score (nSPS) is 24.1.